The average molecular weight is 264 g/mol. The van der Waals surface area contributed by atoms with Gasteiger partial charge in [-0.1, -0.05) is 40.0 Å². The summed E-state index contributed by atoms with van der Waals surface area (Å²) >= 11 is 0. The molecule has 0 radical (unpaired) electrons. The molecule has 1 aliphatic heterocycles. The summed E-state index contributed by atoms with van der Waals surface area (Å²) in [5.74, 6) is 0.181. The molecule has 0 aliphatic carbocycles. The van der Waals surface area contributed by atoms with Crippen LogP contribution in [0.5, 0.6) is 0 Å². The van der Waals surface area contributed by atoms with E-state index in [0.29, 0.717) is 6.42 Å². The smallest absolute Gasteiger partial charge is 0.257 e. The molecule has 1 aliphatic rings. The Bertz CT molecular complexity index is 300. The molecule has 0 atom stereocenters. The first-order valence-corrected chi connectivity index (χ1v) is 9.88. The van der Waals surface area contributed by atoms with Crippen LogP contribution in [-0.4, -0.2) is 23.2 Å². The second-order valence-electron chi connectivity index (χ2n) is 5.93. The fourth-order valence-corrected chi connectivity index (χ4v) is 7.30. The highest BCUT2D eigenvalue weighted by Crippen LogP contribution is 2.23. The first kappa shape index (κ1) is 14.2. The second kappa shape index (κ2) is 5.64. The molecule has 1 heterocycles. The van der Waals surface area contributed by atoms with Crippen LogP contribution in [-0.2, 0) is 14.0 Å². The molecule has 16 heavy (non-hydrogen) atoms. The van der Waals surface area contributed by atoms with Gasteiger partial charge in [-0.05, 0) is 23.9 Å². The minimum Gasteiger partial charge on any atom is -0.319 e. The molecule has 5 heteroatoms. The van der Waals surface area contributed by atoms with Crippen LogP contribution < -0.4 is 0 Å². The van der Waals surface area contributed by atoms with Crippen molar-refractivity contribution in [2.24, 2.45) is 5.41 Å². The van der Waals surface area contributed by atoms with Gasteiger partial charge in [0.05, 0.1) is 5.75 Å². The Kier molecular flexibility index (Phi) is 5.01. The van der Waals surface area contributed by atoms with Crippen LogP contribution in [0.1, 0.15) is 46.5 Å². The highest BCUT2D eigenvalue weighted by atomic mass is 32.2. The molecule has 1 rings (SSSR count). The summed E-state index contributed by atoms with van der Waals surface area (Å²) in [6, 6.07) is 2.07. The minimum atomic E-state index is -3.25. The van der Waals surface area contributed by atoms with E-state index < -0.39 is 19.2 Å². The van der Waals surface area contributed by atoms with Crippen LogP contribution in [0.2, 0.25) is 12.1 Å². The molecular weight excluding hydrogens is 240 g/mol. The van der Waals surface area contributed by atoms with Crippen molar-refractivity contribution in [3.8, 4) is 0 Å². The molecule has 0 unspecified atom stereocenters. The third kappa shape index (κ3) is 6.01. The van der Waals surface area contributed by atoms with Crippen molar-refractivity contribution in [3.63, 3.8) is 0 Å². The van der Waals surface area contributed by atoms with Gasteiger partial charge in [0, 0.05) is 0 Å². The zero-order chi connectivity index (χ0) is 12.2. The van der Waals surface area contributed by atoms with Crippen molar-refractivity contribution < 1.29 is 12.3 Å². The molecule has 0 amide bonds. The summed E-state index contributed by atoms with van der Waals surface area (Å²) in [7, 11) is -4.68. The fourth-order valence-electron chi connectivity index (χ4n) is 1.85. The third-order valence-electron chi connectivity index (χ3n) is 2.94. The molecule has 0 saturated carbocycles. The van der Waals surface area contributed by atoms with Gasteiger partial charge in [0.2, 0.25) is 9.04 Å². The lowest BCUT2D eigenvalue weighted by Gasteiger charge is -2.22. The van der Waals surface area contributed by atoms with Crippen LogP contribution in [0.25, 0.3) is 0 Å². The lowest BCUT2D eigenvalue weighted by atomic mass is 9.94. The van der Waals surface area contributed by atoms with Crippen molar-refractivity contribution >= 4 is 19.2 Å². The lowest BCUT2D eigenvalue weighted by Crippen LogP contribution is -2.27. The van der Waals surface area contributed by atoms with Gasteiger partial charge in [-0.25, -0.2) is 8.42 Å². The third-order valence-corrected chi connectivity index (χ3v) is 8.01. The van der Waals surface area contributed by atoms with E-state index in [1.807, 2.05) is 0 Å². The van der Waals surface area contributed by atoms with E-state index in [4.69, 9.17) is 3.87 Å². The molecule has 0 spiro atoms. The predicted molar refractivity (Wildman–Crippen MR) is 69.6 cm³/mol. The lowest BCUT2D eigenvalue weighted by molar-refractivity contribution is 0.388. The Labute approximate surface area is 101 Å². The highest BCUT2D eigenvalue weighted by molar-refractivity contribution is 7.87. The van der Waals surface area contributed by atoms with E-state index in [1.165, 1.54) is 6.42 Å². The van der Waals surface area contributed by atoms with Crippen molar-refractivity contribution in [1.29, 1.82) is 0 Å². The predicted octanol–water partition coefficient (Wildman–Crippen LogP) is 2.68. The molecule has 0 bridgehead atoms. The maximum Gasteiger partial charge on any atom is 0.257 e. The van der Waals surface area contributed by atoms with Crippen LogP contribution in [0.4, 0.5) is 0 Å². The van der Waals surface area contributed by atoms with E-state index >= 15 is 0 Å². The molecule has 0 aromatic heterocycles. The van der Waals surface area contributed by atoms with Gasteiger partial charge < -0.3 is 3.87 Å². The van der Waals surface area contributed by atoms with Crippen LogP contribution >= 0.6 is 0 Å². The first-order chi connectivity index (χ1) is 7.29. The molecule has 1 fully saturated rings. The summed E-state index contributed by atoms with van der Waals surface area (Å²) in [5, 5.41) is 0. The van der Waals surface area contributed by atoms with Crippen LogP contribution in [0.3, 0.4) is 0 Å². The zero-order valence-electron chi connectivity index (χ0n) is 10.7. The minimum absolute atomic E-state index is 0.0601. The van der Waals surface area contributed by atoms with Crippen LogP contribution in [0.15, 0.2) is 0 Å². The van der Waals surface area contributed by atoms with E-state index in [0.717, 1.165) is 24.9 Å². The van der Waals surface area contributed by atoms with Crippen molar-refractivity contribution in [3.05, 3.63) is 0 Å². The average Bonchev–Trinajstić information content (AvgIpc) is 2.15. The SMILES string of the molecule is CC(C)(C)CCS(=O)(=O)O[SiH]1CCCCC1. The summed E-state index contributed by atoms with van der Waals surface area (Å²) in [5.41, 5.74) is 0.0601. The van der Waals surface area contributed by atoms with E-state index in [9.17, 15) is 8.42 Å². The highest BCUT2D eigenvalue weighted by Gasteiger charge is 2.24. The summed E-state index contributed by atoms with van der Waals surface area (Å²) in [6.45, 7) is 6.17. The number of hydrogen-bond donors (Lipinski definition) is 0. The number of rotatable bonds is 4. The zero-order valence-corrected chi connectivity index (χ0v) is 12.6. The van der Waals surface area contributed by atoms with E-state index in [2.05, 4.69) is 20.8 Å². The molecule has 0 aromatic carbocycles. The van der Waals surface area contributed by atoms with Gasteiger partial charge in [0.25, 0.3) is 10.1 Å². The number of hydrogen-bond acceptors (Lipinski definition) is 3. The molecule has 0 N–H and O–H groups in total. The summed E-state index contributed by atoms with van der Waals surface area (Å²) < 4.78 is 28.9. The Hall–Kier alpha value is 0.127. The maximum atomic E-state index is 11.8. The van der Waals surface area contributed by atoms with Crippen LogP contribution in [0, 0.1) is 5.41 Å². The van der Waals surface area contributed by atoms with Gasteiger partial charge in [-0.2, -0.15) is 0 Å². The summed E-state index contributed by atoms with van der Waals surface area (Å²) in [6.07, 6.45) is 4.24. The van der Waals surface area contributed by atoms with E-state index in [-0.39, 0.29) is 11.2 Å². The van der Waals surface area contributed by atoms with Gasteiger partial charge in [-0.3, -0.25) is 0 Å². The fraction of sp³-hybridized carbons (Fsp3) is 1.00. The normalized spacial score (nSPS) is 19.9. The summed E-state index contributed by atoms with van der Waals surface area (Å²) in [4.78, 5) is 0. The Morgan fingerprint density at radius 1 is 1.12 bits per heavy atom. The second-order valence-corrected chi connectivity index (χ2v) is 10.6. The standard InChI is InChI=1S/C11H24O3SSi/c1-11(2,3)7-8-15(12,13)14-16-9-5-4-6-10-16/h16H,4-10H2,1-3H3. The monoisotopic (exact) mass is 264 g/mol. The topological polar surface area (TPSA) is 43.4 Å². The Balaban J connectivity index is 2.38. The Morgan fingerprint density at radius 3 is 2.19 bits per heavy atom. The molecule has 1 saturated heterocycles. The quantitative estimate of drug-likeness (QED) is 0.733. The molecule has 0 aromatic rings. The largest absolute Gasteiger partial charge is 0.319 e. The van der Waals surface area contributed by atoms with Crippen molar-refractivity contribution in [2.45, 2.75) is 58.5 Å². The first-order valence-electron chi connectivity index (χ1n) is 6.19. The van der Waals surface area contributed by atoms with Gasteiger partial charge in [0.15, 0.2) is 0 Å². The van der Waals surface area contributed by atoms with Crippen molar-refractivity contribution in [1.82, 2.24) is 0 Å². The molecule has 96 valence electrons. The molecular formula is C11H24O3SSi. The Morgan fingerprint density at radius 2 is 1.69 bits per heavy atom. The van der Waals surface area contributed by atoms with Gasteiger partial charge in [-0.15, -0.1) is 0 Å². The van der Waals surface area contributed by atoms with Gasteiger partial charge in [0.1, 0.15) is 0 Å². The van der Waals surface area contributed by atoms with E-state index in [1.54, 1.807) is 0 Å². The maximum absolute atomic E-state index is 11.8. The van der Waals surface area contributed by atoms with Crippen molar-refractivity contribution in [2.75, 3.05) is 5.75 Å². The van der Waals surface area contributed by atoms with Gasteiger partial charge >= 0.3 is 0 Å². The molecule has 3 nitrogen and oxygen atoms in total.